The molecule has 0 fully saturated rings. The normalized spacial score (nSPS) is 10.2. The fourth-order valence-electron chi connectivity index (χ4n) is 2.06. The van der Waals surface area contributed by atoms with E-state index in [-0.39, 0.29) is 17.0 Å². The Labute approximate surface area is 125 Å². The van der Waals surface area contributed by atoms with Crippen LogP contribution in [0.4, 0.5) is 0 Å². The van der Waals surface area contributed by atoms with E-state index in [9.17, 15) is 0 Å². The third kappa shape index (κ3) is 3.18. The van der Waals surface area contributed by atoms with E-state index < -0.39 is 0 Å². The molecule has 0 aliphatic heterocycles. The summed E-state index contributed by atoms with van der Waals surface area (Å²) in [6, 6.07) is 4.33. The molecular formula is C14H19BrN2S. The summed E-state index contributed by atoms with van der Waals surface area (Å²) in [5, 5.41) is 0. The summed E-state index contributed by atoms with van der Waals surface area (Å²) in [5.41, 5.74) is 3.64. The molecule has 4 heteroatoms. The van der Waals surface area contributed by atoms with Crippen LogP contribution in [0.25, 0.3) is 5.69 Å². The van der Waals surface area contributed by atoms with E-state index in [1.807, 2.05) is 0 Å². The Kier molecular flexibility index (Phi) is 5.47. The topological polar surface area (TPSA) is 8.81 Å². The van der Waals surface area contributed by atoms with Crippen LogP contribution in [0, 0.1) is 13.8 Å². The lowest BCUT2D eigenvalue weighted by Crippen LogP contribution is -3.00. The van der Waals surface area contributed by atoms with Gasteiger partial charge in [0, 0.05) is 0 Å². The minimum atomic E-state index is 0. The van der Waals surface area contributed by atoms with Crippen LogP contribution in [0.5, 0.6) is 0 Å². The SMILES string of the molecule is CCC[n+]1ccn(-c2cc(C)cc(C)c2S)c1.[Br-]. The van der Waals surface area contributed by atoms with Gasteiger partial charge in [-0.3, -0.25) is 0 Å². The van der Waals surface area contributed by atoms with Crippen molar-refractivity contribution >= 4 is 12.6 Å². The summed E-state index contributed by atoms with van der Waals surface area (Å²) in [7, 11) is 0. The van der Waals surface area contributed by atoms with E-state index in [2.05, 4.69) is 73.4 Å². The molecule has 98 valence electrons. The number of benzene rings is 1. The minimum Gasteiger partial charge on any atom is -1.00 e. The number of rotatable bonds is 3. The van der Waals surface area contributed by atoms with Crippen molar-refractivity contribution in [1.82, 2.24) is 4.57 Å². The predicted octanol–water partition coefficient (Wildman–Crippen LogP) is 0.0843. The van der Waals surface area contributed by atoms with Crippen LogP contribution < -0.4 is 21.5 Å². The van der Waals surface area contributed by atoms with E-state index in [1.54, 1.807) is 0 Å². The highest BCUT2D eigenvalue weighted by atomic mass is 79.9. The van der Waals surface area contributed by atoms with Gasteiger partial charge in [-0.25, -0.2) is 9.13 Å². The standard InChI is InChI=1S/C14H18N2S.BrH/c1-4-5-15-6-7-16(10-15)13-9-11(2)8-12(3)14(13)17;/h6-10H,4-5H2,1-3H3;1H. The summed E-state index contributed by atoms with van der Waals surface area (Å²) < 4.78 is 4.34. The number of aromatic nitrogens is 2. The summed E-state index contributed by atoms with van der Waals surface area (Å²) in [6.07, 6.45) is 7.46. The largest absolute Gasteiger partial charge is 1.00 e. The number of hydrogen-bond donors (Lipinski definition) is 1. The zero-order valence-electron chi connectivity index (χ0n) is 11.0. The van der Waals surface area contributed by atoms with Crippen molar-refractivity contribution in [3.05, 3.63) is 42.0 Å². The highest BCUT2D eigenvalue weighted by molar-refractivity contribution is 7.80. The smallest absolute Gasteiger partial charge is 0.249 e. The molecule has 1 aromatic heterocycles. The Bertz CT molecular complexity index is 535. The predicted molar refractivity (Wildman–Crippen MR) is 73.0 cm³/mol. The maximum atomic E-state index is 4.60. The van der Waals surface area contributed by atoms with Crippen LogP contribution in [0.15, 0.2) is 35.7 Å². The molecule has 0 aliphatic carbocycles. The number of hydrogen-bond acceptors (Lipinski definition) is 1. The van der Waals surface area contributed by atoms with Crippen molar-refractivity contribution in [2.75, 3.05) is 0 Å². The molecule has 2 nitrogen and oxygen atoms in total. The molecule has 0 unspecified atom stereocenters. The van der Waals surface area contributed by atoms with Crippen LogP contribution in [0.2, 0.25) is 0 Å². The second-order valence-corrected chi connectivity index (χ2v) is 4.96. The Balaban J connectivity index is 0.00000162. The number of thiol groups is 1. The van der Waals surface area contributed by atoms with Gasteiger partial charge >= 0.3 is 0 Å². The van der Waals surface area contributed by atoms with E-state index in [0.717, 1.165) is 23.5 Å². The van der Waals surface area contributed by atoms with Crippen molar-refractivity contribution in [3.8, 4) is 5.69 Å². The monoisotopic (exact) mass is 326 g/mol. The first kappa shape index (κ1) is 15.3. The summed E-state index contributed by atoms with van der Waals surface area (Å²) >= 11 is 4.60. The van der Waals surface area contributed by atoms with Gasteiger partial charge in [-0.2, -0.15) is 0 Å². The zero-order chi connectivity index (χ0) is 12.4. The molecule has 18 heavy (non-hydrogen) atoms. The highest BCUT2D eigenvalue weighted by Crippen LogP contribution is 2.23. The first-order valence-electron chi connectivity index (χ1n) is 5.99. The van der Waals surface area contributed by atoms with Gasteiger partial charge in [-0.05, 0) is 37.5 Å². The van der Waals surface area contributed by atoms with Gasteiger partial charge in [-0.1, -0.05) is 13.0 Å². The summed E-state index contributed by atoms with van der Waals surface area (Å²) in [5.74, 6) is 0. The molecule has 0 spiro atoms. The summed E-state index contributed by atoms with van der Waals surface area (Å²) in [4.78, 5) is 1.05. The molecule has 1 aromatic carbocycles. The van der Waals surface area contributed by atoms with Gasteiger partial charge in [0.15, 0.2) is 0 Å². The maximum absolute atomic E-state index is 4.60. The molecule has 1 heterocycles. The third-order valence-corrected chi connectivity index (χ3v) is 3.46. The molecule has 2 aromatic rings. The molecule has 0 N–H and O–H groups in total. The summed E-state index contributed by atoms with van der Waals surface area (Å²) in [6.45, 7) is 7.46. The van der Waals surface area contributed by atoms with Crippen LogP contribution in [-0.2, 0) is 6.54 Å². The Morgan fingerprint density at radius 1 is 1.28 bits per heavy atom. The van der Waals surface area contributed by atoms with Crippen molar-refractivity contribution < 1.29 is 21.5 Å². The Morgan fingerprint density at radius 3 is 2.67 bits per heavy atom. The van der Waals surface area contributed by atoms with Gasteiger partial charge in [0.25, 0.3) is 0 Å². The first-order chi connectivity index (χ1) is 8.11. The highest BCUT2D eigenvalue weighted by Gasteiger charge is 2.11. The molecule has 0 aliphatic rings. The van der Waals surface area contributed by atoms with E-state index in [1.165, 1.54) is 11.1 Å². The van der Waals surface area contributed by atoms with E-state index in [0.29, 0.717) is 0 Å². The quantitative estimate of drug-likeness (QED) is 0.604. The lowest BCUT2D eigenvalue weighted by molar-refractivity contribution is -0.696. The van der Waals surface area contributed by atoms with Crippen LogP contribution in [0.3, 0.4) is 0 Å². The molecule has 2 rings (SSSR count). The fraction of sp³-hybridized carbons (Fsp3) is 0.357. The van der Waals surface area contributed by atoms with Gasteiger partial charge < -0.3 is 17.0 Å². The van der Waals surface area contributed by atoms with Crippen molar-refractivity contribution in [2.45, 2.75) is 38.6 Å². The third-order valence-electron chi connectivity index (χ3n) is 2.88. The molecule has 0 saturated carbocycles. The number of nitrogens with zero attached hydrogens (tertiary/aromatic N) is 2. The molecule has 0 bridgehead atoms. The van der Waals surface area contributed by atoms with Gasteiger partial charge in [0.2, 0.25) is 6.33 Å². The van der Waals surface area contributed by atoms with Gasteiger partial charge in [-0.15, -0.1) is 12.6 Å². The second kappa shape index (κ2) is 6.43. The number of imidazole rings is 1. The molecular weight excluding hydrogens is 308 g/mol. The second-order valence-electron chi connectivity index (χ2n) is 4.51. The molecule has 0 atom stereocenters. The van der Waals surface area contributed by atoms with Crippen LogP contribution in [0.1, 0.15) is 24.5 Å². The lowest BCUT2D eigenvalue weighted by atomic mass is 10.1. The first-order valence-corrected chi connectivity index (χ1v) is 6.44. The van der Waals surface area contributed by atoms with Gasteiger partial charge in [0.05, 0.1) is 11.4 Å². The Morgan fingerprint density at radius 2 is 2.00 bits per heavy atom. The molecule has 0 amide bonds. The molecule has 0 radical (unpaired) electrons. The average molecular weight is 327 g/mol. The lowest BCUT2D eigenvalue weighted by Gasteiger charge is -2.05. The fourth-order valence-corrected chi connectivity index (χ4v) is 2.31. The minimum absolute atomic E-state index is 0. The van der Waals surface area contributed by atoms with Gasteiger partial charge in [0.1, 0.15) is 18.1 Å². The molecule has 0 saturated heterocycles. The number of aryl methyl sites for hydroxylation is 3. The van der Waals surface area contributed by atoms with Crippen molar-refractivity contribution in [1.29, 1.82) is 0 Å². The Hall–Kier alpha value is -0.740. The van der Waals surface area contributed by atoms with Crippen molar-refractivity contribution in [3.63, 3.8) is 0 Å². The van der Waals surface area contributed by atoms with E-state index >= 15 is 0 Å². The van der Waals surface area contributed by atoms with Crippen molar-refractivity contribution in [2.24, 2.45) is 0 Å². The maximum Gasteiger partial charge on any atom is 0.249 e. The zero-order valence-corrected chi connectivity index (χ0v) is 13.5. The van der Waals surface area contributed by atoms with Crippen LogP contribution >= 0.6 is 12.6 Å². The number of halogens is 1. The van der Waals surface area contributed by atoms with Crippen LogP contribution in [-0.4, -0.2) is 4.57 Å². The average Bonchev–Trinajstić information content (AvgIpc) is 2.72. The van der Waals surface area contributed by atoms with E-state index in [4.69, 9.17) is 0 Å².